The van der Waals surface area contributed by atoms with Gasteiger partial charge in [-0.05, 0) is 26.2 Å². The minimum absolute atomic E-state index is 0.210. The van der Waals surface area contributed by atoms with Crippen molar-refractivity contribution in [2.75, 3.05) is 46.1 Å². The third-order valence-corrected chi connectivity index (χ3v) is 4.30. The molecule has 0 radical (unpaired) electrons. The van der Waals surface area contributed by atoms with Gasteiger partial charge in [0, 0.05) is 37.8 Å². The van der Waals surface area contributed by atoms with Gasteiger partial charge in [0.2, 0.25) is 0 Å². The van der Waals surface area contributed by atoms with E-state index in [1.165, 1.54) is 0 Å². The molecule has 0 bridgehead atoms. The lowest BCUT2D eigenvalue weighted by atomic mass is 9.95. The number of ether oxygens (including phenoxy) is 2. The molecule has 0 aliphatic carbocycles. The Bertz CT molecular complexity index is 252. The second-order valence-corrected chi connectivity index (χ2v) is 6.24. The molecule has 0 spiro atoms. The van der Waals surface area contributed by atoms with E-state index in [9.17, 15) is 0 Å². The van der Waals surface area contributed by atoms with Crippen molar-refractivity contribution in [3.63, 3.8) is 0 Å². The van der Waals surface area contributed by atoms with E-state index in [0.717, 1.165) is 52.5 Å². The molecule has 1 N–H and O–H groups in total. The van der Waals surface area contributed by atoms with Gasteiger partial charge in [0.25, 0.3) is 0 Å². The SMILES string of the molecule is CC1COCCC1NCC(C)(C)N1CCOCC1. The first-order valence-electron chi connectivity index (χ1n) is 7.23. The number of hydrogen-bond donors (Lipinski definition) is 1. The molecule has 2 fully saturated rings. The zero-order chi connectivity index (χ0) is 13.0. The molecule has 2 saturated heterocycles. The first kappa shape index (κ1) is 14.3. The van der Waals surface area contributed by atoms with Crippen LogP contribution in [-0.2, 0) is 9.47 Å². The van der Waals surface area contributed by atoms with Crippen molar-refractivity contribution in [3.8, 4) is 0 Å². The lowest BCUT2D eigenvalue weighted by molar-refractivity contribution is -0.0146. The molecule has 2 unspecified atom stereocenters. The Labute approximate surface area is 111 Å². The van der Waals surface area contributed by atoms with Crippen LogP contribution in [0.4, 0.5) is 0 Å². The smallest absolute Gasteiger partial charge is 0.0594 e. The zero-order valence-electron chi connectivity index (χ0n) is 12.1. The molecule has 4 nitrogen and oxygen atoms in total. The van der Waals surface area contributed by atoms with Crippen LogP contribution in [0.1, 0.15) is 27.2 Å². The summed E-state index contributed by atoms with van der Waals surface area (Å²) >= 11 is 0. The average molecular weight is 256 g/mol. The van der Waals surface area contributed by atoms with Gasteiger partial charge in [0.15, 0.2) is 0 Å². The van der Waals surface area contributed by atoms with Crippen LogP contribution in [0.25, 0.3) is 0 Å². The highest BCUT2D eigenvalue weighted by Crippen LogP contribution is 2.18. The van der Waals surface area contributed by atoms with Crippen molar-refractivity contribution in [2.24, 2.45) is 5.92 Å². The highest BCUT2D eigenvalue weighted by atomic mass is 16.5. The normalized spacial score (nSPS) is 31.5. The lowest BCUT2D eigenvalue weighted by Gasteiger charge is -2.42. The van der Waals surface area contributed by atoms with Gasteiger partial charge in [-0.3, -0.25) is 4.90 Å². The first-order chi connectivity index (χ1) is 8.59. The minimum Gasteiger partial charge on any atom is -0.381 e. The molecule has 18 heavy (non-hydrogen) atoms. The minimum atomic E-state index is 0.210. The van der Waals surface area contributed by atoms with Crippen LogP contribution < -0.4 is 5.32 Å². The molecule has 0 saturated carbocycles. The summed E-state index contributed by atoms with van der Waals surface area (Å²) in [5, 5.41) is 3.75. The van der Waals surface area contributed by atoms with Gasteiger partial charge in [-0.1, -0.05) is 6.92 Å². The fourth-order valence-corrected chi connectivity index (χ4v) is 2.84. The molecule has 0 aromatic heterocycles. The van der Waals surface area contributed by atoms with Crippen LogP contribution in [0, 0.1) is 5.92 Å². The van der Waals surface area contributed by atoms with Crippen molar-refractivity contribution in [1.82, 2.24) is 10.2 Å². The summed E-state index contributed by atoms with van der Waals surface area (Å²) in [5.41, 5.74) is 0.210. The van der Waals surface area contributed by atoms with Crippen molar-refractivity contribution < 1.29 is 9.47 Å². The number of morpholine rings is 1. The summed E-state index contributed by atoms with van der Waals surface area (Å²) in [7, 11) is 0. The topological polar surface area (TPSA) is 33.7 Å². The van der Waals surface area contributed by atoms with Crippen LogP contribution >= 0.6 is 0 Å². The van der Waals surface area contributed by atoms with E-state index in [1.807, 2.05) is 0 Å². The van der Waals surface area contributed by atoms with Gasteiger partial charge >= 0.3 is 0 Å². The van der Waals surface area contributed by atoms with E-state index in [-0.39, 0.29) is 5.54 Å². The molecule has 106 valence electrons. The summed E-state index contributed by atoms with van der Waals surface area (Å²) in [6.45, 7) is 13.6. The maximum Gasteiger partial charge on any atom is 0.0594 e. The predicted octanol–water partition coefficient (Wildman–Crippen LogP) is 1.11. The lowest BCUT2D eigenvalue weighted by Crippen LogP contribution is -2.57. The van der Waals surface area contributed by atoms with Crippen molar-refractivity contribution in [2.45, 2.75) is 38.8 Å². The third kappa shape index (κ3) is 3.67. The van der Waals surface area contributed by atoms with Gasteiger partial charge < -0.3 is 14.8 Å². The summed E-state index contributed by atoms with van der Waals surface area (Å²) in [6, 6.07) is 0.610. The van der Waals surface area contributed by atoms with Gasteiger partial charge in [-0.25, -0.2) is 0 Å². The number of hydrogen-bond acceptors (Lipinski definition) is 4. The maximum atomic E-state index is 5.49. The first-order valence-corrected chi connectivity index (χ1v) is 7.23. The summed E-state index contributed by atoms with van der Waals surface area (Å²) < 4.78 is 10.9. The Morgan fingerprint density at radius 2 is 1.89 bits per heavy atom. The average Bonchev–Trinajstić information content (AvgIpc) is 2.39. The fraction of sp³-hybridized carbons (Fsp3) is 1.00. The van der Waals surface area contributed by atoms with Crippen LogP contribution in [0.5, 0.6) is 0 Å². The third-order valence-electron chi connectivity index (χ3n) is 4.30. The van der Waals surface area contributed by atoms with E-state index >= 15 is 0 Å². The largest absolute Gasteiger partial charge is 0.381 e. The Balaban J connectivity index is 1.79. The van der Waals surface area contributed by atoms with E-state index in [4.69, 9.17) is 9.47 Å². The molecule has 2 heterocycles. The molecule has 0 amide bonds. The second-order valence-electron chi connectivity index (χ2n) is 6.24. The van der Waals surface area contributed by atoms with Gasteiger partial charge in [-0.15, -0.1) is 0 Å². The molecular formula is C14H28N2O2. The Morgan fingerprint density at radius 1 is 1.17 bits per heavy atom. The van der Waals surface area contributed by atoms with Gasteiger partial charge in [0.1, 0.15) is 0 Å². The predicted molar refractivity (Wildman–Crippen MR) is 72.9 cm³/mol. The van der Waals surface area contributed by atoms with Crippen molar-refractivity contribution >= 4 is 0 Å². The maximum absolute atomic E-state index is 5.49. The summed E-state index contributed by atoms with van der Waals surface area (Å²) in [6.07, 6.45) is 1.14. The molecule has 2 atom stereocenters. The number of nitrogens with one attached hydrogen (secondary N) is 1. The molecule has 4 heteroatoms. The standard InChI is InChI=1S/C14H28N2O2/c1-12-10-18-7-4-13(12)15-11-14(2,3)16-5-8-17-9-6-16/h12-13,15H,4-11H2,1-3H3. The van der Waals surface area contributed by atoms with E-state index in [2.05, 4.69) is 31.0 Å². The van der Waals surface area contributed by atoms with Crippen molar-refractivity contribution in [3.05, 3.63) is 0 Å². The van der Waals surface area contributed by atoms with Crippen LogP contribution in [0.3, 0.4) is 0 Å². The number of nitrogens with zero attached hydrogens (tertiary/aromatic N) is 1. The molecule has 0 aromatic carbocycles. The summed E-state index contributed by atoms with van der Waals surface area (Å²) in [4.78, 5) is 2.54. The monoisotopic (exact) mass is 256 g/mol. The van der Waals surface area contributed by atoms with Crippen LogP contribution in [-0.4, -0.2) is 62.5 Å². The van der Waals surface area contributed by atoms with Crippen molar-refractivity contribution in [1.29, 1.82) is 0 Å². The Hall–Kier alpha value is -0.160. The Morgan fingerprint density at radius 3 is 2.56 bits per heavy atom. The second kappa shape index (κ2) is 6.33. The Kier molecular flexibility index (Phi) is 5.01. The molecule has 2 aliphatic rings. The van der Waals surface area contributed by atoms with Gasteiger partial charge in [-0.2, -0.15) is 0 Å². The van der Waals surface area contributed by atoms with E-state index in [0.29, 0.717) is 12.0 Å². The van der Waals surface area contributed by atoms with Crippen LogP contribution in [0.15, 0.2) is 0 Å². The fourth-order valence-electron chi connectivity index (χ4n) is 2.84. The number of rotatable bonds is 4. The van der Waals surface area contributed by atoms with E-state index in [1.54, 1.807) is 0 Å². The molecule has 2 rings (SSSR count). The molecular weight excluding hydrogens is 228 g/mol. The van der Waals surface area contributed by atoms with E-state index < -0.39 is 0 Å². The molecule has 2 aliphatic heterocycles. The van der Waals surface area contributed by atoms with Gasteiger partial charge in [0.05, 0.1) is 19.8 Å². The summed E-state index contributed by atoms with van der Waals surface area (Å²) in [5.74, 6) is 0.624. The highest BCUT2D eigenvalue weighted by Gasteiger charge is 2.30. The highest BCUT2D eigenvalue weighted by molar-refractivity contribution is 4.88. The van der Waals surface area contributed by atoms with Crippen LogP contribution in [0.2, 0.25) is 0 Å². The molecule has 0 aromatic rings. The zero-order valence-corrected chi connectivity index (χ0v) is 12.1. The quantitative estimate of drug-likeness (QED) is 0.817.